The molecule has 0 heterocycles. The van der Waals surface area contributed by atoms with E-state index in [0.717, 1.165) is 0 Å². The zero-order valence-electron chi connectivity index (χ0n) is 8.84. The highest BCUT2D eigenvalue weighted by molar-refractivity contribution is 5.78. The highest BCUT2D eigenvalue weighted by Gasteiger charge is 2.23. The van der Waals surface area contributed by atoms with Gasteiger partial charge in [-0.3, -0.25) is 9.59 Å². The van der Waals surface area contributed by atoms with Gasteiger partial charge in [-0.1, -0.05) is 6.92 Å². The Morgan fingerprint density at radius 3 is 2.25 bits per heavy atom. The highest BCUT2D eigenvalue weighted by Crippen LogP contribution is 2.05. The van der Waals surface area contributed by atoms with Crippen molar-refractivity contribution in [1.29, 1.82) is 0 Å². The second-order valence-corrected chi connectivity index (χ2v) is 3.04. The van der Waals surface area contributed by atoms with Crippen LogP contribution in [0.2, 0.25) is 0 Å². The van der Waals surface area contributed by atoms with Crippen LogP contribution in [0, 0.1) is 5.92 Å². The van der Waals surface area contributed by atoms with Crippen molar-refractivity contribution in [2.24, 2.45) is 5.92 Å². The first-order valence-electron chi connectivity index (χ1n) is 4.71. The predicted octanol–water partition coefficient (Wildman–Crippen LogP) is 0.725. The van der Waals surface area contributed by atoms with Crippen LogP contribution in [0.3, 0.4) is 0 Å². The third-order valence-electron chi connectivity index (χ3n) is 1.60. The molecule has 0 aromatic rings. The summed E-state index contributed by atoms with van der Waals surface area (Å²) < 4.78 is 8.99. The minimum absolute atomic E-state index is 0.176. The lowest BCUT2D eigenvalue weighted by Gasteiger charge is -2.10. The number of carbonyl (C=O) groups excluding carboxylic acids is 1. The average Bonchev–Trinajstić information content (AvgIpc) is 2.20. The molecule has 0 aromatic carbocycles. The van der Waals surface area contributed by atoms with E-state index < -0.39 is 37.0 Å². The first kappa shape index (κ1) is 14.2. The Morgan fingerprint density at radius 2 is 1.81 bits per heavy atom. The van der Waals surface area contributed by atoms with E-state index in [2.05, 4.69) is 9.47 Å². The summed E-state index contributed by atoms with van der Waals surface area (Å²) in [5.41, 5.74) is 0. The fourth-order valence-electron chi connectivity index (χ4n) is 0.824. The molecular formula is C9H14O7. The van der Waals surface area contributed by atoms with Gasteiger partial charge in [-0.2, -0.15) is 0 Å². The first-order chi connectivity index (χ1) is 7.47. The van der Waals surface area contributed by atoms with Crippen LogP contribution in [0.15, 0.2) is 0 Å². The van der Waals surface area contributed by atoms with Crippen molar-refractivity contribution in [3.63, 3.8) is 0 Å². The number of carboxylic acids is 2. The van der Waals surface area contributed by atoms with Gasteiger partial charge in [0.2, 0.25) is 0 Å². The second kappa shape index (κ2) is 7.49. The minimum atomic E-state index is -1.33. The van der Waals surface area contributed by atoms with Crippen LogP contribution in [-0.2, 0) is 19.1 Å². The number of carbonyl (C=O) groups is 3. The highest BCUT2D eigenvalue weighted by atomic mass is 16.7. The average molecular weight is 234 g/mol. The summed E-state index contributed by atoms with van der Waals surface area (Å²) >= 11 is 0. The number of ether oxygens (including phenoxy) is 2. The molecule has 0 aromatic heterocycles. The third kappa shape index (κ3) is 6.63. The summed E-state index contributed by atoms with van der Waals surface area (Å²) in [4.78, 5) is 31.7. The van der Waals surface area contributed by atoms with Gasteiger partial charge >= 0.3 is 18.1 Å². The Morgan fingerprint density at radius 1 is 1.19 bits per heavy atom. The van der Waals surface area contributed by atoms with Gasteiger partial charge in [0.25, 0.3) is 0 Å². The van der Waals surface area contributed by atoms with Gasteiger partial charge in [0, 0.05) is 0 Å². The Labute approximate surface area is 92.0 Å². The quantitative estimate of drug-likeness (QED) is 0.624. The monoisotopic (exact) mass is 234 g/mol. The number of rotatable bonds is 7. The molecule has 7 heteroatoms. The molecule has 1 atom stereocenters. The molecule has 2 N–H and O–H groups in total. The Balaban J connectivity index is 3.97. The molecule has 1 unspecified atom stereocenters. The van der Waals surface area contributed by atoms with E-state index in [9.17, 15) is 14.4 Å². The van der Waals surface area contributed by atoms with Gasteiger partial charge in [0.15, 0.2) is 0 Å². The molecule has 0 saturated heterocycles. The fraction of sp³-hybridized carbons (Fsp3) is 0.667. The van der Waals surface area contributed by atoms with E-state index in [1.807, 2.05) is 0 Å². The summed E-state index contributed by atoms with van der Waals surface area (Å²) in [7, 11) is 0. The minimum Gasteiger partial charge on any atom is -0.481 e. The van der Waals surface area contributed by atoms with Crippen LogP contribution in [0.5, 0.6) is 0 Å². The SMILES string of the molecule is CCCOC(=O)OCC(CC(=O)O)C(=O)O. The molecule has 0 bridgehead atoms. The van der Waals surface area contributed by atoms with Gasteiger partial charge in [-0.05, 0) is 6.42 Å². The van der Waals surface area contributed by atoms with E-state index >= 15 is 0 Å². The predicted molar refractivity (Wildman–Crippen MR) is 51.0 cm³/mol. The van der Waals surface area contributed by atoms with E-state index in [-0.39, 0.29) is 6.61 Å². The standard InChI is InChI=1S/C9H14O7/c1-2-3-15-9(14)16-5-6(8(12)13)4-7(10)11/h6H,2-5H2,1H3,(H,10,11)(H,12,13). The summed E-state index contributed by atoms with van der Waals surface area (Å²) in [6.45, 7) is 1.46. The van der Waals surface area contributed by atoms with Gasteiger partial charge in [-0.15, -0.1) is 0 Å². The molecular weight excluding hydrogens is 220 g/mol. The third-order valence-corrected chi connectivity index (χ3v) is 1.60. The second-order valence-electron chi connectivity index (χ2n) is 3.04. The maximum absolute atomic E-state index is 10.8. The maximum Gasteiger partial charge on any atom is 0.508 e. The van der Waals surface area contributed by atoms with E-state index in [1.165, 1.54) is 0 Å². The smallest absolute Gasteiger partial charge is 0.481 e. The Hall–Kier alpha value is -1.79. The number of carboxylic acid groups (broad SMARTS) is 2. The molecule has 0 amide bonds. The van der Waals surface area contributed by atoms with Crippen molar-refractivity contribution in [2.75, 3.05) is 13.2 Å². The summed E-state index contributed by atoms with van der Waals surface area (Å²) in [5.74, 6) is -3.85. The number of aliphatic carboxylic acids is 2. The summed E-state index contributed by atoms with van der Waals surface area (Å²) in [5, 5.41) is 17.0. The van der Waals surface area contributed by atoms with Crippen LogP contribution >= 0.6 is 0 Å². The molecule has 0 saturated carbocycles. The largest absolute Gasteiger partial charge is 0.508 e. The lowest BCUT2D eigenvalue weighted by atomic mass is 10.1. The Bertz CT molecular complexity index is 261. The molecule has 7 nitrogen and oxygen atoms in total. The number of hydrogen-bond acceptors (Lipinski definition) is 5. The maximum atomic E-state index is 10.8. The summed E-state index contributed by atoms with van der Waals surface area (Å²) in [6.07, 6.45) is -0.971. The zero-order valence-corrected chi connectivity index (χ0v) is 8.84. The van der Waals surface area contributed by atoms with Crippen LogP contribution < -0.4 is 0 Å². The van der Waals surface area contributed by atoms with E-state index in [1.54, 1.807) is 6.92 Å². The normalized spacial score (nSPS) is 11.6. The molecule has 0 fully saturated rings. The van der Waals surface area contributed by atoms with Crippen molar-refractivity contribution < 1.29 is 34.1 Å². The molecule has 0 spiro atoms. The summed E-state index contributed by atoms with van der Waals surface area (Å²) in [6, 6.07) is 0. The van der Waals surface area contributed by atoms with Crippen molar-refractivity contribution in [1.82, 2.24) is 0 Å². The molecule has 0 radical (unpaired) electrons. The van der Waals surface area contributed by atoms with Crippen LogP contribution in [0.1, 0.15) is 19.8 Å². The molecule has 0 aliphatic carbocycles. The fourth-order valence-corrected chi connectivity index (χ4v) is 0.824. The van der Waals surface area contributed by atoms with Crippen molar-refractivity contribution >= 4 is 18.1 Å². The molecule has 0 aliphatic heterocycles. The van der Waals surface area contributed by atoms with Crippen molar-refractivity contribution in [2.45, 2.75) is 19.8 Å². The molecule has 0 aliphatic rings. The topological polar surface area (TPSA) is 110 Å². The zero-order chi connectivity index (χ0) is 12.6. The lowest BCUT2D eigenvalue weighted by Crippen LogP contribution is -2.25. The first-order valence-corrected chi connectivity index (χ1v) is 4.71. The van der Waals surface area contributed by atoms with Crippen LogP contribution in [0.25, 0.3) is 0 Å². The van der Waals surface area contributed by atoms with Crippen LogP contribution in [-0.4, -0.2) is 41.5 Å². The van der Waals surface area contributed by atoms with E-state index in [0.29, 0.717) is 6.42 Å². The Kier molecular flexibility index (Phi) is 6.66. The lowest BCUT2D eigenvalue weighted by molar-refractivity contribution is -0.149. The molecule has 92 valence electrons. The molecule has 0 rings (SSSR count). The van der Waals surface area contributed by atoms with Crippen LogP contribution in [0.4, 0.5) is 4.79 Å². The number of hydrogen-bond donors (Lipinski definition) is 2. The van der Waals surface area contributed by atoms with Gasteiger partial charge < -0.3 is 19.7 Å². The van der Waals surface area contributed by atoms with E-state index in [4.69, 9.17) is 10.2 Å². The van der Waals surface area contributed by atoms with Gasteiger partial charge in [0.1, 0.15) is 12.5 Å². The van der Waals surface area contributed by atoms with Gasteiger partial charge in [-0.25, -0.2) is 4.79 Å². The van der Waals surface area contributed by atoms with Crippen molar-refractivity contribution in [3.05, 3.63) is 0 Å². The van der Waals surface area contributed by atoms with Crippen molar-refractivity contribution in [3.8, 4) is 0 Å². The molecule has 16 heavy (non-hydrogen) atoms. The van der Waals surface area contributed by atoms with Gasteiger partial charge in [0.05, 0.1) is 13.0 Å².